The zero-order valence-electron chi connectivity index (χ0n) is 20.6. The number of nitrogens with zero attached hydrogens (tertiary/aromatic N) is 2. The summed E-state index contributed by atoms with van der Waals surface area (Å²) in [4.78, 5) is 54.9. The molecule has 38 heavy (non-hydrogen) atoms. The molecule has 0 saturated carbocycles. The molecule has 192 valence electrons. The summed E-state index contributed by atoms with van der Waals surface area (Å²) in [5, 5.41) is 2.36. The van der Waals surface area contributed by atoms with E-state index in [-0.39, 0.29) is 30.1 Å². The van der Waals surface area contributed by atoms with Crippen molar-refractivity contribution in [3.8, 4) is 0 Å². The van der Waals surface area contributed by atoms with Gasteiger partial charge >= 0.3 is 17.6 Å². The molecule has 2 aromatic heterocycles. The van der Waals surface area contributed by atoms with Crippen LogP contribution in [0.4, 0.5) is 0 Å². The Morgan fingerprint density at radius 2 is 1.74 bits per heavy atom. The highest BCUT2D eigenvalue weighted by Crippen LogP contribution is 2.25. The van der Waals surface area contributed by atoms with Crippen LogP contribution in [0.1, 0.15) is 34.6 Å². The Bertz CT molecular complexity index is 1860. The summed E-state index contributed by atoms with van der Waals surface area (Å²) in [5.74, 6) is -1.83. The van der Waals surface area contributed by atoms with Crippen LogP contribution in [0.25, 0.3) is 32.0 Å². The summed E-state index contributed by atoms with van der Waals surface area (Å²) in [6.45, 7) is 3.60. The highest BCUT2D eigenvalue weighted by atomic mass is 32.1. The Labute approximate surface area is 219 Å². The molecule has 0 fully saturated rings. The van der Waals surface area contributed by atoms with Gasteiger partial charge in [0.25, 0.3) is 5.91 Å². The van der Waals surface area contributed by atoms with Crippen LogP contribution in [0.5, 0.6) is 0 Å². The number of hydrogen-bond donors (Lipinski definition) is 0. The van der Waals surface area contributed by atoms with Crippen molar-refractivity contribution in [2.45, 2.75) is 20.4 Å². The minimum atomic E-state index is -0.816. The number of fused-ring (bicyclic) bond motifs is 4. The first-order valence-corrected chi connectivity index (χ1v) is 12.7. The molecule has 5 aromatic rings. The quantitative estimate of drug-likeness (QED) is 0.181. The Balaban J connectivity index is 1.66. The molecule has 5 rings (SSSR count). The van der Waals surface area contributed by atoms with Crippen molar-refractivity contribution in [3.05, 3.63) is 87.0 Å². The molecule has 1 amide bonds. The van der Waals surface area contributed by atoms with Gasteiger partial charge in [-0.05, 0) is 55.0 Å². The molecule has 0 aliphatic rings. The van der Waals surface area contributed by atoms with Crippen molar-refractivity contribution >= 4 is 61.1 Å². The van der Waals surface area contributed by atoms with Crippen LogP contribution in [-0.4, -0.2) is 35.6 Å². The van der Waals surface area contributed by atoms with Crippen molar-refractivity contribution in [3.63, 3.8) is 0 Å². The fraction of sp³-hybridized carbons (Fsp3) is 0.179. The molecule has 3 aromatic carbocycles. The lowest BCUT2D eigenvalue weighted by atomic mass is 10.0. The molecular weight excluding hydrogens is 508 g/mol. The predicted octanol–water partition coefficient (Wildman–Crippen LogP) is 4.44. The maximum atomic E-state index is 13.3. The topological polar surface area (TPSA) is 117 Å². The number of carbonyl (C=O) groups is 3. The number of benzene rings is 3. The van der Waals surface area contributed by atoms with Gasteiger partial charge < -0.3 is 18.5 Å². The summed E-state index contributed by atoms with van der Waals surface area (Å²) in [6.07, 6.45) is 0. The predicted molar refractivity (Wildman–Crippen MR) is 142 cm³/mol. The molecule has 0 unspecified atom stereocenters. The number of rotatable bonds is 6. The molecule has 0 spiro atoms. The van der Waals surface area contributed by atoms with E-state index >= 15 is 0 Å². The zero-order valence-corrected chi connectivity index (χ0v) is 21.4. The highest BCUT2D eigenvalue weighted by Gasteiger charge is 2.18. The summed E-state index contributed by atoms with van der Waals surface area (Å²) >= 11 is 1.10. The SMILES string of the molecule is CCOC(=O)Cn1c(=NC(=O)c2cc3c(ccc4ccccc43)oc2=O)sc2cc(C(=O)OCC)ccc21. The Kier molecular flexibility index (Phi) is 6.89. The van der Waals surface area contributed by atoms with Gasteiger partial charge in [0.15, 0.2) is 4.80 Å². The fourth-order valence-electron chi connectivity index (χ4n) is 4.16. The van der Waals surface area contributed by atoms with Gasteiger partial charge in [-0.1, -0.05) is 41.7 Å². The summed E-state index contributed by atoms with van der Waals surface area (Å²) in [5.41, 5.74) is 0.198. The average molecular weight is 531 g/mol. The van der Waals surface area contributed by atoms with Gasteiger partial charge in [-0.25, -0.2) is 9.59 Å². The van der Waals surface area contributed by atoms with Gasteiger partial charge in [0.05, 0.1) is 29.0 Å². The molecule has 0 saturated heterocycles. The largest absolute Gasteiger partial charge is 0.465 e. The van der Waals surface area contributed by atoms with Crippen LogP contribution < -0.4 is 10.4 Å². The number of amides is 1. The van der Waals surface area contributed by atoms with Crippen molar-refractivity contribution in [2.24, 2.45) is 4.99 Å². The monoisotopic (exact) mass is 530 g/mol. The number of ether oxygens (including phenoxy) is 2. The molecule has 0 aliphatic heterocycles. The Morgan fingerprint density at radius 3 is 2.53 bits per heavy atom. The van der Waals surface area contributed by atoms with E-state index in [1.165, 1.54) is 10.6 Å². The van der Waals surface area contributed by atoms with Gasteiger partial charge in [0.1, 0.15) is 17.7 Å². The van der Waals surface area contributed by atoms with Crippen LogP contribution in [-0.2, 0) is 20.8 Å². The lowest BCUT2D eigenvalue weighted by molar-refractivity contribution is -0.143. The molecule has 0 aliphatic carbocycles. The van der Waals surface area contributed by atoms with Gasteiger partial charge in [0, 0.05) is 5.39 Å². The lowest BCUT2D eigenvalue weighted by Gasteiger charge is -2.06. The van der Waals surface area contributed by atoms with Gasteiger partial charge in [-0.3, -0.25) is 9.59 Å². The number of esters is 2. The molecule has 10 heteroatoms. The number of thiazole rings is 1. The smallest absolute Gasteiger partial charge is 0.349 e. The second-order valence-corrected chi connectivity index (χ2v) is 9.25. The molecule has 0 radical (unpaired) electrons. The summed E-state index contributed by atoms with van der Waals surface area (Å²) in [7, 11) is 0. The second-order valence-electron chi connectivity index (χ2n) is 8.24. The third kappa shape index (κ3) is 4.73. The molecule has 0 N–H and O–H groups in total. The third-order valence-electron chi connectivity index (χ3n) is 5.86. The van der Waals surface area contributed by atoms with Crippen LogP contribution in [0, 0.1) is 0 Å². The first kappa shape index (κ1) is 25.1. The van der Waals surface area contributed by atoms with E-state index in [1.54, 1.807) is 38.1 Å². The van der Waals surface area contributed by atoms with E-state index in [1.807, 2.05) is 30.3 Å². The summed E-state index contributed by atoms with van der Waals surface area (Å²) < 4.78 is 17.7. The van der Waals surface area contributed by atoms with E-state index in [0.717, 1.165) is 22.1 Å². The van der Waals surface area contributed by atoms with Gasteiger partial charge in [0.2, 0.25) is 0 Å². The minimum absolute atomic E-state index is 0.163. The third-order valence-corrected chi connectivity index (χ3v) is 6.90. The van der Waals surface area contributed by atoms with Crippen LogP contribution in [0.15, 0.2) is 74.9 Å². The second kappa shape index (κ2) is 10.4. The van der Waals surface area contributed by atoms with Crippen molar-refractivity contribution in [1.82, 2.24) is 4.57 Å². The standard InChI is InChI=1S/C28H22N2O7S/c1-3-35-24(31)15-30-21-11-9-17(26(33)36-4-2)13-23(21)38-28(30)29-25(32)20-14-19-18-8-6-5-7-16(18)10-12-22(19)37-27(20)34/h5-14H,3-4,15H2,1-2H3. The maximum Gasteiger partial charge on any atom is 0.349 e. The van der Waals surface area contributed by atoms with E-state index in [2.05, 4.69) is 4.99 Å². The van der Waals surface area contributed by atoms with E-state index in [0.29, 0.717) is 26.7 Å². The zero-order chi connectivity index (χ0) is 26.8. The Hall–Kier alpha value is -4.57. The van der Waals surface area contributed by atoms with Crippen LogP contribution >= 0.6 is 11.3 Å². The van der Waals surface area contributed by atoms with Crippen molar-refractivity contribution in [1.29, 1.82) is 0 Å². The van der Waals surface area contributed by atoms with Crippen LogP contribution in [0.2, 0.25) is 0 Å². The molecule has 0 bridgehead atoms. The maximum absolute atomic E-state index is 13.3. The first-order chi connectivity index (χ1) is 18.4. The van der Waals surface area contributed by atoms with Crippen molar-refractivity contribution in [2.75, 3.05) is 13.2 Å². The number of aromatic nitrogens is 1. The van der Waals surface area contributed by atoms with Gasteiger partial charge in [-0.15, -0.1) is 0 Å². The average Bonchev–Trinajstić information content (AvgIpc) is 3.24. The van der Waals surface area contributed by atoms with Crippen LogP contribution in [0.3, 0.4) is 0 Å². The van der Waals surface area contributed by atoms with E-state index < -0.39 is 23.5 Å². The highest BCUT2D eigenvalue weighted by molar-refractivity contribution is 7.16. The fourth-order valence-corrected chi connectivity index (χ4v) is 5.22. The first-order valence-electron chi connectivity index (χ1n) is 11.9. The number of carbonyl (C=O) groups excluding carboxylic acids is 3. The molecular formula is C28H22N2O7S. The normalized spacial score (nSPS) is 11.8. The van der Waals surface area contributed by atoms with Crippen molar-refractivity contribution < 1.29 is 28.3 Å². The molecule has 2 heterocycles. The minimum Gasteiger partial charge on any atom is -0.465 e. The lowest BCUT2D eigenvalue weighted by Crippen LogP contribution is -2.24. The summed E-state index contributed by atoms with van der Waals surface area (Å²) in [6, 6.07) is 17.4. The van der Waals surface area contributed by atoms with E-state index in [4.69, 9.17) is 13.9 Å². The van der Waals surface area contributed by atoms with E-state index in [9.17, 15) is 19.2 Å². The molecule has 0 atom stereocenters. The van der Waals surface area contributed by atoms with Gasteiger partial charge in [-0.2, -0.15) is 4.99 Å². The Morgan fingerprint density at radius 1 is 0.947 bits per heavy atom. The molecule has 9 nitrogen and oxygen atoms in total. The number of hydrogen-bond acceptors (Lipinski definition) is 8.